The lowest BCUT2D eigenvalue weighted by atomic mass is 10.1. The van der Waals surface area contributed by atoms with Gasteiger partial charge in [-0.05, 0) is 19.8 Å². The van der Waals surface area contributed by atoms with Crippen molar-refractivity contribution in [2.45, 2.75) is 46.2 Å². The zero-order valence-corrected chi connectivity index (χ0v) is 13.1. The molecule has 0 aliphatic rings. The van der Waals surface area contributed by atoms with Gasteiger partial charge in [0.2, 0.25) is 0 Å². The van der Waals surface area contributed by atoms with Gasteiger partial charge in [-0.2, -0.15) is 5.10 Å². The van der Waals surface area contributed by atoms with Gasteiger partial charge in [0.15, 0.2) is 0 Å². The molecule has 0 radical (unpaired) electrons. The van der Waals surface area contributed by atoms with Crippen LogP contribution in [0.5, 0.6) is 0 Å². The van der Waals surface area contributed by atoms with Gasteiger partial charge in [-0.1, -0.05) is 13.8 Å². The Kier molecular flexibility index (Phi) is 4.60. The molecule has 0 saturated heterocycles. The van der Waals surface area contributed by atoms with Crippen LogP contribution in [0.15, 0.2) is 12.4 Å². The lowest BCUT2D eigenvalue weighted by Crippen LogP contribution is -2.22. The molecule has 0 aliphatic carbocycles. The van der Waals surface area contributed by atoms with Crippen molar-refractivity contribution in [3.05, 3.63) is 35.2 Å². The number of nitrogens with zero attached hydrogens (tertiary/aromatic N) is 4. The minimum atomic E-state index is 0.226. The zero-order chi connectivity index (χ0) is 14.7. The lowest BCUT2D eigenvalue weighted by molar-refractivity contribution is 0.527. The molecule has 5 heteroatoms. The van der Waals surface area contributed by atoms with Crippen LogP contribution in [0, 0.1) is 0 Å². The van der Waals surface area contributed by atoms with Crippen molar-refractivity contribution in [3.8, 4) is 0 Å². The van der Waals surface area contributed by atoms with Crippen LogP contribution in [0.1, 0.15) is 49.6 Å². The van der Waals surface area contributed by atoms with Crippen molar-refractivity contribution >= 4 is 0 Å². The number of rotatable bonds is 6. The van der Waals surface area contributed by atoms with Crippen LogP contribution in [-0.4, -0.2) is 19.3 Å². The van der Waals surface area contributed by atoms with Crippen LogP contribution in [0.25, 0.3) is 0 Å². The third-order valence-electron chi connectivity index (χ3n) is 3.86. The van der Waals surface area contributed by atoms with Gasteiger partial charge in [-0.25, -0.2) is 4.98 Å². The zero-order valence-electron chi connectivity index (χ0n) is 13.1. The number of aromatic nitrogens is 4. The van der Waals surface area contributed by atoms with E-state index in [1.165, 1.54) is 17.0 Å². The number of hydrogen-bond acceptors (Lipinski definition) is 3. The van der Waals surface area contributed by atoms with E-state index in [4.69, 9.17) is 0 Å². The Balaban J connectivity index is 2.13. The van der Waals surface area contributed by atoms with Gasteiger partial charge in [0.25, 0.3) is 0 Å². The Labute approximate surface area is 121 Å². The van der Waals surface area contributed by atoms with E-state index in [2.05, 4.69) is 40.7 Å². The first-order chi connectivity index (χ1) is 9.58. The second-order valence-corrected chi connectivity index (χ2v) is 5.20. The number of hydrogen-bond donors (Lipinski definition) is 1. The fraction of sp³-hybridized carbons (Fsp3) is 0.600. The lowest BCUT2D eigenvalue weighted by Gasteiger charge is -2.14. The maximum atomic E-state index is 4.61. The van der Waals surface area contributed by atoms with E-state index in [1.54, 1.807) is 0 Å². The fourth-order valence-corrected chi connectivity index (χ4v) is 2.73. The SMILES string of the molecule is CCc1nn(C)c(CC)c1CNC(C)c1nccn1C. The maximum Gasteiger partial charge on any atom is 0.125 e. The van der Waals surface area contributed by atoms with E-state index in [-0.39, 0.29) is 6.04 Å². The normalized spacial score (nSPS) is 12.8. The predicted octanol–water partition coefficient (Wildman–Crippen LogP) is 2.13. The Hall–Kier alpha value is -1.62. The van der Waals surface area contributed by atoms with Crippen molar-refractivity contribution < 1.29 is 0 Å². The van der Waals surface area contributed by atoms with Crippen molar-refractivity contribution in [3.63, 3.8) is 0 Å². The quantitative estimate of drug-likeness (QED) is 0.878. The average Bonchev–Trinajstić information content (AvgIpc) is 2.99. The number of aryl methyl sites for hydroxylation is 3. The van der Waals surface area contributed by atoms with Gasteiger partial charge in [0, 0.05) is 44.3 Å². The summed E-state index contributed by atoms with van der Waals surface area (Å²) < 4.78 is 4.07. The topological polar surface area (TPSA) is 47.7 Å². The molecule has 20 heavy (non-hydrogen) atoms. The summed E-state index contributed by atoms with van der Waals surface area (Å²) in [5.41, 5.74) is 3.86. The summed E-state index contributed by atoms with van der Waals surface area (Å²) in [6, 6.07) is 0.226. The first-order valence-electron chi connectivity index (χ1n) is 7.32. The molecule has 0 amide bonds. The van der Waals surface area contributed by atoms with Gasteiger partial charge in [-0.3, -0.25) is 4.68 Å². The van der Waals surface area contributed by atoms with Crippen molar-refractivity contribution in [1.82, 2.24) is 24.6 Å². The fourth-order valence-electron chi connectivity index (χ4n) is 2.73. The summed E-state index contributed by atoms with van der Waals surface area (Å²) in [5.74, 6) is 1.06. The molecule has 1 unspecified atom stereocenters. The highest BCUT2D eigenvalue weighted by atomic mass is 15.3. The Morgan fingerprint density at radius 2 is 2.00 bits per heavy atom. The predicted molar refractivity (Wildman–Crippen MR) is 80.4 cm³/mol. The summed E-state index contributed by atoms with van der Waals surface area (Å²) >= 11 is 0. The van der Waals surface area contributed by atoms with E-state index in [1.807, 2.05) is 31.2 Å². The van der Waals surface area contributed by atoms with Gasteiger partial charge in [-0.15, -0.1) is 0 Å². The molecule has 1 N–H and O–H groups in total. The van der Waals surface area contributed by atoms with Crippen molar-refractivity contribution in [2.24, 2.45) is 14.1 Å². The molecule has 0 bridgehead atoms. The van der Waals surface area contributed by atoms with Crippen LogP contribution < -0.4 is 5.32 Å². The molecule has 0 aromatic carbocycles. The Bertz CT molecular complexity index is 567. The summed E-state index contributed by atoms with van der Waals surface area (Å²) in [5, 5.41) is 8.18. The van der Waals surface area contributed by atoms with E-state index < -0.39 is 0 Å². The monoisotopic (exact) mass is 275 g/mol. The standard InChI is InChI=1S/C15H25N5/c1-6-13-12(14(7-2)20(5)18-13)10-17-11(3)15-16-8-9-19(15)4/h8-9,11,17H,6-7,10H2,1-5H3. The van der Waals surface area contributed by atoms with Crippen LogP contribution in [0.2, 0.25) is 0 Å². The second kappa shape index (κ2) is 6.22. The molecular weight excluding hydrogens is 250 g/mol. The van der Waals surface area contributed by atoms with E-state index >= 15 is 0 Å². The van der Waals surface area contributed by atoms with E-state index in [9.17, 15) is 0 Å². The highest BCUT2D eigenvalue weighted by molar-refractivity contribution is 5.26. The van der Waals surface area contributed by atoms with Gasteiger partial charge in [0.05, 0.1) is 11.7 Å². The van der Waals surface area contributed by atoms with Gasteiger partial charge < -0.3 is 9.88 Å². The molecule has 2 heterocycles. The highest BCUT2D eigenvalue weighted by Gasteiger charge is 2.15. The first kappa shape index (κ1) is 14.8. The average molecular weight is 275 g/mol. The maximum absolute atomic E-state index is 4.61. The van der Waals surface area contributed by atoms with Crippen LogP contribution >= 0.6 is 0 Å². The summed E-state index contributed by atoms with van der Waals surface area (Å²) in [7, 11) is 4.06. The molecule has 0 spiro atoms. The molecule has 2 aromatic heterocycles. The van der Waals surface area contributed by atoms with Crippen LogP contribution in [0.4, 0.5) is 0 Å². The van der Waals surface area contributed by atoms with Crippen LogP contribution in [0.3, 0.4) is 0 Å². The minimum absolute atomic E-state index is 0.226. The Morgan fingerprint density at radius 1 is 1.25 bits per heavy atom. The van der Waals surface area contributed by atoms with Crippen molar-refractivity contribution in [2.75, 3.05) is 0 Å². The molecular formula is C15H25N5. The smallest absolute Gasteiger partial charge is 0.125 e. The molecule has 2 aromatic rings. The molecule has 0 saturated carbocycles. The second-order valence-electron chi connectivity index (χ2n) is 5.20. The molecule has 1 atom stereocenters. The largest absolute Gasteiger partial charge is 0.337 e. The van der Waals surface area contributed by atoms with E-state index in [0.29, 0.717) is 0 Å². The van der Waals surface area contributed by atoms with Crippen LogP contribution in [-0.2, 0) is 33.5 Å². The first-order valence-corrected chi connectivity index (χ1v) is 7.32. The molecule has 2 rings (SSSR count). The van der Waals surface area contributed by atoms with Gasteiger partial charge >= 0.3 is 0 Å². The molecule has 0 aliphatic heterocycles. The number of nitrogens with one attached hydrogen (secondary N) is 1. The van der Waals surface area contributed by atoms with E-state index in [0.717, 1.165) is 25.2 Å². The third-order valence-corrected chi connectivity index (χ3v) is 3.86. The summed E-state index contributed by atoms with van der Waals surface area (Å²) in [6.45, 7) is 7.33. The third kappa shape index (κ3) is 2.77. The van der Waals surface area contributed by atoms with Crippen molar-refractivity contribution in [1.29, 1.82) is 0 Å². The number of imidazole rings is 1. The van der Waals surface area contributed by atoms with Gasteiger partial charge in [0.1, 0.15) is 5.82 Å². The Morgan fingerprint density at radius 3 is 2.55 bits per heavy atom. The highest BCUT2D eigenvalue weighted by Crippen LogP contribution is 2.17. The summed E-state index contributed by atoms with van der Waals surface area (Å²) in [6.07, 6.45) is 5.80. The minimum Gasteiger partial charge on any atom is -0.337 e. The molecule has 110 valence electrons. The molecule has 0 fully saturated rings. The molecule has 5 nitrogen and oxygen atoms in total. The summed E-state index contributed by atoms with van der Waals surface area (Å²) in [4.78, 5) is 4.40.